The van der Waals surface area contributed by atoms with Gasteiger partial charge in [-0.05, 0) is 27.7 Å². The molecule has 4 heterocycles. The van der Waals surface area contributed by atoms with Crippen molar-refractivity contribution >= 4 is 33.9 Å². The summed E-state index contributed by atoms with van der Waals surface area (Å²) in [6, 6.07) is -1.20. The number of hydrogen-bond acceptors (Lipinski definition) is 10. The molecule has 0 bridgehead atoms. The number of ether oxygens (including phenoxy) is 2. The largest absolute Gasteiger partial charge is 0.391 e. The summed E-state index contributed by atoms with van der Waals surface area (Å²) in [4.78, 5) is 8.31. The fraction of sp³-hybridized carbons (Fsp3) is 0.900. The van der Waals surface area contributed by atoms with E-state index in [1.165, 1.54) is 37.4 Å². The molecule has 10 nitrogen and oxygen atoms in total. The molecule has 0 aromatic heterocycles. The first-order valence-electron chi connectivity index (χ1n) is 11.4. The zero-order chi connectivity index (χ0) is 25.2. The van der Waals surface area contributed by atoms with Crippen LogP contribution in [0.4, 0.5) is 8.78 Å². The molecule has 14 heteroatoms. The van der Waals surface area contributed by atoms with E-state index in [4.69, 9.17) is 9.47 Å². The molecule has 0 radical (unpaired) electrons. The van der Waals surface area contributed by atoms with Crippen molar-refractivity contribution in [3.05, 3.63) is 0 Å². The van der Waals surface area contributed by atoms with Gasteiger partial charge < -0.3 is 40.5 Å². The number of rotatable bonds is 4. The number of aliphatic imine (C=N–C) groups is 2. The summed E-state index contributed by atoms with van der Waals surface area (Å²) in [5.74, 6) is 0. The second-order valence-corrected chi connectivity index (χ2v) is 10.6. The Morgan fingerprint density at radius 1 is 0.824 bits per heavy atom. The number of aliphatic hydroxyl groups excluding tert-OH is 4. The number of aliphatic hydroxyl groups is 4. The number of nitrogens with one attached hydrogen (secondary N) is 2. The Morgan fingerprint density at radius 2 is 1.18 bits per heavy atom. The van der Waals surface area contributed by atoms with Crippen molar-refractivity contribution in [3.8, 4) is 0 Å². The van der Waals surface area contributed by atoms with Crippen LogP contribution in [0.15, 0.2) is 9.98 Å². The van der Waals surface area contributed by atoms with Crippen molar-refractivity contribution in [2.24, 2.45) is 9.98 Å². The Hall–Kier alpha value is -0.740. The minimum atomic E-state index is -1.47. The van der Waals surface area contributed by atoms with E-state index >= 15 is 0 Å². The first-order chi connectivity index (χ1) is 16.1. The highest BCUT2D eigenvalue weighted by molar-refractivity contribution is 8.14. The average molecular weight is 529 g/mol. The maximum Gasteiger partial charge on any atom is 0.159 e. The molecular weight excluding hydrogens is 494 g/mol. The van der Waals surface area contributed by atoms with Crippen molar-refractivity contribution in [2.45, 2.75) is 99.6 Å². The van der Waals surface area contributed by atoms with Crippen molar-refractivity contribution in [2.75, 3.05) is 13.1 Å². The number of amidine groups is 2. The van der Waals surface area contributed by atoms with Gasteiger partial charge in [0.2, 0.25) is 0 Å². The maximum atomic E-state index is 14.0. The lowest BCUT2D eigenvalue weighted by molar-refractivity contribution is -0.167. The van der Waals surface area contributed by atoms with Gasteiger partial charge in [-0.15, -0.1) is 0 Å². The monoisotopic (exact) mass is 528 g/mol. The highest BCUT2D eigenvalue weighted by Crippen LogP contribution is 2.37. The van der Waals surface area contributed by atoms with Gasteiger partial charge in [0.1, 0.15) is 35.3 Å². The molecule has 4 saturated heterocycles. The van der Waals surface area contributed by atoms with Crippen molar-refractivity contribution in [1.82, 2.24) is 10.6 Å². The fourth-order valence-corrected chi connectivity index (χ4v) is 6.40. The zero-order valence-electron chi connectivity index (χ0n) is 19.4. The number of alkyl halides is 2. The molecule has 0 amide bonds. The molecule has 4 fully saturated rings. The van der Waals surface area contributed by atoms with E-state index in [1.54, 1.807) is 0 Å². The topological polar surface area (TPSA) is 148 Å². The smallest absolute Gasteiger partial charge is 0.159 e. The molecule has 0 saturated carbocycles. The predicted octanol–water partition coefficient (Wildman–Crippen LogP) is -0.256. The van der Waals surface area contributed by atoms with Crippen LogP contribution in [0.1, 0.15) is 27.7 Å². The van der Waals surface area contributed by atoms with Gasteiger partial charge in [-0.25, -0.2) is 8.78 Å². The van der Waals surface area contributed by atoms with Crippen molar-refractivity contribution in [3.63, 3.8) is 0 Å². The minimum absolute atomic E-state index is 0.446. The number of fused-ring (bicyclic) bond motifs is 2. The summed E-state index contributed by atoms with van der Waals surface area (Å²) in [5, 5.41) is 45.4. The van der Waals surface area contributed by atoms with Crippen LogP contribution in [-0.4, -0.2) is 116 Å². The third-order valence-electron chi connectivity index (χ3n) is 5.77. The molecule has 0 aliphatic carbocycles. The first-order valence-corrected chi connectivity index (χ1v) is 13.1. The molecule has 0 spiro atoms. The highest BCUT2D eigenvalue weighted by Gasteiger charge is 2.52. The second-order valence-electron chi connectivity index (χ2n) is 8.42. The predicted molar refractivity (Wildman–Crippen MR) is 127 cm³/mol. The SMILES string of the molecule is CCN=C1N[C@@H]2[C@H](F)[C@H](O)[C@@H]([C@@H](C)O)O[C@@H]2S1.CCN=C1N[C@@H]2[C@H](F)[C@H](O)[C@@H]([C@H](C)O)O[C@@H]2S1. The van der Waals surface area contributed by atoms with E-state index in [1.807, 2.05) is 13.8 Å². The minimum Gasteiger partial charge on any atom is -0.391 e. The Kier molecular flexibility index (Phi) is 9.82. The zero-order valence-corrected chi connectivity index (χ0v) is 21.0. The lowest BCUT2D eigenvalue weighted by atomic mass is 9.96. The molecule has 4 aliphatic heterocycles. The van der Waals surface area contributed by atoms with Crippen LogP contribution in [0.25, 0.3) is 0 Å². The van der Waals surface area contributed by atoms with Gasteiger partial charge in [0.15, 0.2) is 22.7 Å². The molecule has 0 aromatic carbocycles. The molecule has 12 atom stereocenters. The number of hydrogen-bond donors (Lipinski definition) is 6. The van der Waals surface area contributed by atoms with E-state index < -0.39 is 71.9 Å². The number of thioether (sulfide) groups is 2. The summed E-state index contributed by atoms with van der Waals surface area (Å²) >= 11 is 2.60. The third-order valence-corrected chi connectivity index (χ3v) is 7.98. The van der Waals surface area contributed by atoms with Crippen LogP contribution in [-0.2, 0) is 9.47 Å². The Morgan fingerprint density at radius 3 is 1.47 bits per heavy atom. The lowest BCUT2D eigenvalue weighted by Gasteiger charge is -2.38. The Labute approximate surface area is 206 Å². The van der Waals surface area contributed by atoms with Crippen LogP contribution in [0.3, 0.4) is 0 Å². The standard InChI is InChI=1S/2C10H17FN2O3S/c2*1-3-12-10-13-6-5(11)7(15)8(4(2)14)16-9(6)17-10/h2*4-9,14-15H,3H2,1-2H3,(H,12,13)/t4-,5+,6-,7+,8-,9-;4-,5-,6+,7-,8+,9+/m10/s1. The van der Waals surface area contributed by atoms with Crippen LogP contribution in [0.2, 0.25) is 0 Å². The van der Waals surface area contributed by atoms with Crippen LogP contribution in [0.5, 0.6) is 0 Å². The van der Waals surface area contributed by atoms with Crippen LogP contribution in [0, 0.1) is 0 Å². The fourth-order valence-electron chi connectivity index (χ4n) is 4.05. The van der Waals surface area contributed by atoms with E-state index in [9.17, 15) is 29.2 Å². The summed E-state index contributed by atoms with van der Waals surface area (Å²) in [6.07, 6.45) is -9.15. The van der Waals surface area contributed by atoms with Gasteiger partial charge >= 0.3 is 0 Å². The highest BCUT2D eigenvalue weighted by atomic mass is 32.2. The molecule has 0 aromatic rings. The lowest BCUT2D eigenvalue weighted by Crippen LogP contribution is -2.59. The van der Waals surface area contributed by atoms with Crippen molar-refractivity contribution in [1.29, 1.82) is 0 Å². The average Bonchev–Trinajstić information content (AvgIpc) is 3.38. The van der Waals surface area contributed by atoms with Crippen LogP contribution < -0.4 is 10.6 Å². The van der Waals surface area contributed by atoms with Crippen molar-refractivity contribution < 1.29 is 38.7 Å². The van der Waals surface area contributed by atoms with E-state index in [0.29, 0.717) is 23.4 Å². The normalized spacial score (nSPS) is 45.5. The molecule has 4 aliphatic rings. The summed E-state index contributed by atoms with van der Waals surface area (Å²) in [5.41, 5.74) is -0.892. The summed E-state index contributed by atoms with van der Waals surface area (Å²) < 4.78 is 39.0. The van der Waals surface area contributed by atoms with Crippen LogP contribution >= 0.6 is 23.5 Å². The molecular formula is C20H34F2N4O6S2. The van der Waals surface area contributed by atoms with E-state index in [-0.39, 0.29) is 0 Å². The van der Waals surface area contributed by atoms with Gasteiger partial charge in [0, 0.05) is 13.1 Å². The molecule has 196 valence electrons. The maximum absolute atomic E-state index is 14.0. The molecule has 6 N–H and O–H groups in total. The van der Waals surface area contributed by atoms with Gasteiger partial charge in [-0.1, -0.05) is 23.5 Å². The Bertz CT molecular complexity index is 692. The van der Waals surface area contributed by atoms with E-state index in [2.05, 4.69) is 20.6 Å². The third kappa shape index (κ3) is 5.97. The summed E-state index contributed by atoms with van der Waals surface area (Å²) in [6.45, 7) is 7.95. The second kappa shape index (κ2) is 12.0. The van der Waals surface area contributed by atoms with Gasteiger partial charge in [0.05, 0.1) is 24.3 Å². The van der Waals surface area contributed by atoms with E-state index in [0.717, 1.165) is 0 Å². The van der Waals surface area contributed by atoms with Gasteiger partial charge in [0.25, 0.3) is 0 Å². The molecule has 4 rings (SSSR count). The van der Waals surface area contributed by atoms with Gasteiger partial charge in [-0.2, -0.15) is 0 Å². The number of nitrogens with zero attached hydrogens (tertiary/aromatic N) is 2. The molecule has 0 unspecified atom stereocenters. The first kappa shape index (κ1) is 27.8. The summed E-state index contributed by atoms with van der Waals surface area (Å²) in [7, 11) is 0. The molecule has 34 heavy (non-hydrogen) atoms. The van der Waals surface area contributed by atoms with Gasteiger partial charge in [-0.3, -0.25) is 9.98 Å². The quantitative estimate of drug-likeness (QED) is 0.288. The number of halogens is 2. The Balaban J connectivity index is 0.000000191.